The Bertz CT molecular complexity index is 427. The maximum Gasteiger partial charge on any atom is 0.323 e. The number of aromatic nitrogens is 2. The highest BCUT2D eigenvalue weighted by atomic mass is 16.4. The maximum absolute atomic E-state index is 11.1. The fourth-order valence-corrected chi connectivity index (χ4v) is 2.56. The van der Waals surface area contributed by atoms with Crippen molar-refractivity contribution in [2.75, 3.05) is 0 Å². The molecule has 0 radical (unpaired) electrons. The monoisotopic (exact) mass is 237 g/mol. The molecule has 1 aromatic heterocycles. The van der Waals surface area contributed by atoms with E-state index in [1.807, 2.05) is 6.20 Å². The van der Waals surface area contributed by atoms with Crippen molar-refractivity contribution in [2.45, 2.75) is 50.6 Å². The van der Waals surface area contributed by atoms with Crippen molar-refractivity contribution < 1.29 is 9.90 Å². The Hall–Kier alpha value is -1.36. The van der Waals surface area contributed by atoms with Crippen LogP contribution in [0.25, 0.3) is 0 Å². The number of hydrogen-bond acceptors (Lipinski definition) is 3. The average molecular weight is 237 g/mol. The zero-order chi connectivity index (χ0) is 12.6. The molecule has 94 valence electrons. The normalized spacial score (nSPS) is 28.8. The van der Waals surface area contributed by atoms with Crippen molar-refractivity contribution in [3.8, 4) is 0 Å². The van der Waals surface area contributed by atoms with Gasteiger partial charge in [0.25, 0.3) is 0 Å². The van der Waals surface area contributed by atoms with Crippen LogP contribution >= 0.6 is 0 Å². The molecule has 0 amide bonds. The van der Waals surface area contributed by atoms with E-state index in [-0.39, 0.29) is 6.04 Å². The summed E-state index contributed by atoms with van der Waals surface area (Å²) in [5.74, 6) is 0.443. The predicted molar refractivity (Wildman–Crippen MR) is 63.8 cm³/mol. The third-order valence-electron chi connectivity index (χ3n) is 3.56. The first kappa shape index (κ1) is 12.1. The van der Waals surface area contributed by atoms with Crippen molar-refractivity contribution in [3.63, 3.8) is 0 Å². The molecule has 0 aliphatic heterocycles. The van der Waals surface area contributed by atoms with E-state index in [1.54, 1.807) is 6.20 Å². The fraction of sp³-hybridized carbons (Fsp3) is 0.667. The van der Waals surface area contributed by atoms with Gasteiger partial charge in [0.05, 0.1) is 0 Å². The van der Waals surface area contributed by atoms with Gasteiger partial charge in [-0.15, -0.1) is 0 Å². The minimum absolute atomic E-state index is 0.163. The van der Waals surface area contributed by atoms with Gasteiger partial charge < -0.3 is 15.4 Å². The summed E-state index contributed by atoms with van der Waals surface area (Å²) < 4.78 is 2.09. The summed E-state index contributed by atoms with van der Waals surface area (Å²) in [6, 6.07) is 0.163. The lowest BCUT2D eigenvalue weighted by atomic mass is 9.99. The Kier molecular flexibility index (Phi) is 2.95. The van der Waals surface area contributed by atoms with Crippen molar-refractivity contribution in [3.05, 3.63) is 18.2 Å². The molecule has 5 nitrogen and oxygen atoms in total. The summed E-state index contributed by atoms with van der Waals surface area (Å²) in [5, 5.41) is 9.12. The second-order valence-electron chi connectivity index (χ2n) is 5.21. The largest absolute Gasteiger partial charge is 0.480 e. The maximum atomic E-state index is 11.1. The lowest BCUT2D eigenvalue weighted by molar-refractivity contribution is -0.143. The molecule has 0 saturated heterocycles. The summed E-state index contributed by atoms with van der Waals surface area (Å²) in [6.45, 7) is 4.17. The van der Waals surface area contributed by atoms with Crippen molar-refractivity contribution >= 4 is 5.97 Å². The number of imidazole rings is 1. The molecule has 3 N–H and O–H groups in total. The van der Waals surface area contributed by atoms with Crippen LogP contribution in [0.4, 0.5) is 0 Å². The quantitative estimate of drug-likeness (QED) is 0.835. The van der Waals surface area contributed by atoms with Gasteiger partial charge in [0.1, 0.15) is 11.4 Å². The van der Waals surface area contributed by atoms with Gasteiger partial charge in [0.2, 0.25) is 0 Å². The topological polar surface area (TPSA) is 81.1 Å². The predicted octanol–water partition coefficient (Wildman–Crippen LogP) is 1.51. The fourth-order valence-electron chi connectivity index (χ4n) is 2.56. The molecule has 1 saturated carbocycles. The van der Waals surface area contributed by atoms with Crippen LogP contribution in [0.3, 0.4) is 0 Å². The Morgan fingerprint density at radius 1 is 1.71 bits per heavy atom. The van der Waals surface area contributed by atoms with E-state index in [0.29, 0.717) is 18.8 Å². The second-order valence-corrected chi connectivity index (χ2v) is 5.21. The number of nitrogens with two attached hydrogens (primary N) is 1. The lowest BCUT2D eigenvalue weighted by Gasteiger charge is -2.20. The van der Waals surface area contributed by atoms with Crippen molar-refractivity contribution in [1.29, 1.82) is 0 Å². The molecule has 1 aromatic rings. The highest BCUT2D eigenvalue weighted by Crippen LogP contribution is 2.37. The van der Waals surface area contributed by atoms with E-state index >= 15 is 0 Å². The average Bonchev–Trinajstić information content (AvgIpc) is 2.83. The minimum atomic E-state index is -1.07. The molecule has 0 spiro atoms. The van der Waals surface area contributed by atoms with Gasteiger partial charge in [-0.3, -0.25) is 4.79 Å². The Labute approximate surface area is 101 Å². The summed E-state index contributed by atoms with van der Waals surface area (Å²) in [7, 11) is 0. The van der Waals surface area contributed by atoms with Gasteiger partial charge in [0.15, 0.2) is 0 Å². The second kappa shape index (κ2) is 4.14. The number of carboxylic acids is 1. The summed E-state index contributed by atoms with van der Waals surface area (Å²) in [5.41, 5.74) is 4.82. The molecule has 0 aromatic carbocycles. The van der Waals surface area contributed by atoms with E-state index in [2.05, 4.69) is 23.4 Å². The number of carboxylic acid groups (broad SMARTS) is 1. The van der Waals surface area contributed by atoms with E-state index in [1.165, 1.54) is 0 Å². The molecule has 1 aliphatic rings. The zero-order valence-corrected chi connectivity index (χ0v) is 10.3. The molecule has 5 heteroatoms. The van der Waals surface area contributed by atoms with Crippen LogP contribution in [-0.2, 0) is 4.79 Å². The first-order valence-electron chi connectivity index (χ1n) is 5.99. The van der Waals surface area contributed by atoms with Crippen LogP contribution in [0.2, 0.25) is 0 Å². The van der Waals surface area contributed by atoms with E-state index in [9.17, 15) is 4.79 Å². The Morgan fingerprint density at radius 3 is 2.94 bits per heavy atom. The van der Waals surface area contributed by atoms with Crippen LogP contribution in [0.5, 0.6) is 0 Å². The van der Waals surface area contributed by atoms with Gasteiger partial charge in [0, 0.05) is 24.4 Å². The number of carbonyl (C=O) groups is 1. The van der Waals surface area contributed by atoms with E-state index in [0.717, 1.165) is 12.2 Å². The zero-order valence-electron chi connectivity index (χ0n) is 10.3. The standard InChI is InChI=1S/C12H19N3O2/c1-8(2)10-14-5-6-15(10)9-3-4-12(13,7-9)11(16)17/h5-6,8-9H,3-4,7,13H2,1-2H3,(H,16,17). The van der Waals surface area contributed by atoms with Gasteiger partial charge in [-0.05, 0) is 19.3 Å². The van der Waals surface area contributed by atoms with E-state index < -0.39 is 11.5 Å². The Balaban J connectivity index is 2.21. The summed E-state index contributed by atoms with van der Waals surface area (Å²) in [4.78, 5) is 15.4. The van der Waals surface area contributed by atoms with Crippen LogP contribution in [0.15, 0.2) is 12.4 Å². The van der Waals surface area contributed by atoms with Gasteiger partial charge >= 0.3 is 5.97 Å². The molecule has 2 unspecified atom stereocenters. The van der Waals surface area contributed by atoms with Gasteiger partial charge in [-0.1, -0.05) is 13.8 Å². The highest BCUT2D eigenvalue weighted by molar-refractivity contribution is 5.78. The summed E-state index contributed by atoms with van der Waals surface area (Å²) >= 11 is 0. The molecule has 2 rings (SSSR count). The lowest BCUT2D eigenvalue weighted by Crippen LogP contribution is -2.45. The smallest absolute Gasteiger partial charge is 0.323 e. The van der Waals surface area contributed by atoms with Gasteiger partial charge in [-0.25, -0.2) is 4.98 Å². The first-order chi connectivity index (χ1) is 7.94. The van der Waals surface area contributed by atoms with Gasteiger partial charge in [-0.2, -0.15) is 0 Å². The molecule has 2 atom stereocenters. The van der Waals surface area contributed by atoms with Crippen molar-refractivity contribution in [2.24, 2.45) is 5.73 Å². The van der Waals surface area contributed by atoms with Crippen LogP contribution < -0.4 is 5.73 Å². The molecule has 1 aliphatic carbocycles. The third kappa shape index (κ3) is 2.07. The Morgan fingerprint density at radius 2 is 2.41 bits per heavy atom. The first-order valence-corrected chi connectivity index (χ1v) is 5.99. The van der Waals surface area contributed by atoms with Crippen molar-refractivity contribution in [1.82, 2.24) is 9.55 Å². The minimum Gasteiger partial charge on any atom is -0.480 e. The number of nitrogens with zero attached hydrogens (tertiary/aromatic N) is 2. The molecule has 1 fully saturated rings. The van der Waals surface area contributed by atoms with E-state index in [4.69, 9.17) is 10.8 Å². The van der Waals surface area contributed by atoms with Crippen LogP contribution in [-0.4, -0.2) is 26.2 Å². The molecule has 1 heterocycles. The molecule has 0 bridgehead atoms. The SMILES string of the molecule is CC(C)c1nccn1C1CCC(N)(C(=O)O)C1. The number of rotatable bonds is 3. The van der Waals surface area contributed by atoms with Crippen LogP contribution in [0, 0.1) is 0 Å². The molecule has 17 heavy (non-hydrogen) atoms. The highest BCUT2D eigenvalue weighted by Gasteiger charge is 2.43. The summed E-state index contributed by atoms with van der Waals surface area (Å²) in [6.07, 6.45) is 5.51. The third-order valence-corrected chi connectivity index (χ3v) is 3.56. The van der Waals surface area contributed by atoms with Crippen LogP contribution in [0.1, 0.15) is 50.9 Å². The molecular formula is C12H19N3O2. The molecular weight excluding hydrogens is 218 g/mol. The number of hydrogen-bond donors (Lipinski definition) is 2. The number of aliphatic carboxylic acids is 1.